The van der Waals surface area contributed by atoms with Crippen molar-refractivity contribution < 1.29 is 9.59 Å². The number of primary amides is 1. The third kappa shape index (κ3) is 4.55. The first-order valence-electron chi connectivity index (χ1n) is 12.5. The summed E-state index contributed by atoms with van der Waals surface area (Å²) >= 11 is 0. The van der Waals surface area contributed by atoms with Crippen LogP contribution in [0.1, 0.15) is 57.2 Å². The Labute approximate surface area is 206 Å². The van der Waals surface area contributed by atoms with Gasteiger partial charge in [-0.05, 0) is 68.0 Å². The maximum absolute atomic E-state index is 13.0. The van der Waals surface area contributed by atoms with Gasteiger partial charge in [0.25, 0.3) is 0 Å². The summed E-state index contributed by atoms with van der Waals surface area (Å²) in [6, 6.07) is 16.4. The van der Waals surface area contributed by atoms with E-state index in [1.165, 1.54) is 11.1 Å². The zero-order chi connectivity index (χ0) is 24.5. The van der Waals surface area contributed by atoms with E-state index in [4.69, 9.17) is 5.73 Å². The number of hydrogen-bond acceptors (Lipinski definition) is 4. The highest BCUT2D eigenvalue weighted by Crippen LogP contribution is 2.42. The summed E-state index contributed by atoms with van der Waals surface area (Å²) in [7, 11) is 0. The molecular formula is C28H33N5O2. The van der Waals surface area contributed by atoms with E-state index in [1.807, 2.05) is 36.9 Å². The zero-order valence-electron chi connectivity index (χ0n) is 20.5. The zero-order valence-corrected chi connectivity index (χ0v) is 20.5. The number of anilines is 1. The molecular weight excluding hydrogens is 438 g/mol. The second-order valence-corrected chi connectivity index (χ2v) is 9.70. The Bertz CT molecular complexity index is 1260. The summed E-state index contributed by atoms with van der Waals surface area (Å²) in [6.07, 6.45) is 3.15. The van der Waals surface area contributed by atoms with Gasteiger partial charge in [-0.3, -0.25) is 14.3 Å². The summed E-state index contributed by atoms with van der Waals surface area (Å²) in [5, 5.41) is 4.43. The molecule has 1 aliphatic heterocycles. The van der Waals surface area contributed by atoms with Crippen LogP contribution >= 0.6 is 0 Å². The molecule has 2 heterocycles. The van der Waals surface area contributed by atoms with Crippen LogP contribution in [-0.2, 0) is 17.8 Å². The van der Waals surface area contributed by atoms with Crippen LogP contribution in [0.4, 0.5) is 5.69 Å². The molecule has 1 unspecified atom stereocenters. The van der Waals surface area contributed by atoms with Crippen molar-refractivity contribution in [2.24, 2.45) is 5.73 Å². The van der Waals surface area contributed by atoms with Crippen molar-refractivity contribution in [3.8, 4) is 0 Å². The lowest BCUT2D eigenvalue weighted by Crippen LogP contribution is -2.50. The molecule has 182 valence electrons. The third-order valence-electron chi connectivity index (χ3n) is 7.43. The molecule has 2 aliphatic rings. The lowest BCUT2D eigenvalue weighted by atomic mass is 9.76. The number of carbonyl (C=O) groups excluding carboxylic acids is 2. The van der Waals surface area contributed by atoms with Crippen LogP contribution in [0, 0.1) is 13.8 Å². The number of nitrogens with zero attached hydrogens (tertiary/aromatic N) is 4. The Hall–Kier alpha value is -3.61. The summed E-state index contributed by atoms with van der Waals surface area (Å²) in [4.78, 5) is 29.7. The highest BCUT2D eigenvalue weighted by atomic mass is 16.2. The smallest absolute Gasteiger partial charge is 0.249 e. The normalized spacial score (nSPS) is 17.8. The first kappa shape index (κ1) is 23.1. The van der Waals surface area contributed by atoms with Gasteiger partial charge in [0.05, 0.1) is 5.69 Å². The number of aryl methyl sites for hydroxylation is 3. The first-order chi connectivity index (χ1) is 16.9. The fourth-order valence-electron chi connectivity index (χ4n) is 5.72. The van der Waals surface area contributed by atoms with Gasteiger partial charge in [0, 0.05) is 49.0 Å². The average Bonchev–Trinajstić information content (AvgIpc) is 3.19. The van der Waals surface area contributed by atoms with Gasteiger partial charge in [-0.1, -0.05) is 30.3 Å². The number of fused-ring (bicyclic) bond motifs is 1. The van der Waals surface area contributed by atoms with Crippen LogP contribution in [0.15, 0.2) is 48.5 Å². The van der Waals surface area contributed by atoms with Gasteiger partial charge in [-0.15, -0.1) is 0 Å². The molecule has 3 aromatic rings. The van der Waals surface area contributed by atoms with Crippen LogP contribution in [-0.4, -0.2) is 52.7 Å². The van der Waals surface area contributed by atoms with Gasteiger partial charge in [-0.2, -0.15) is 5.10 Å². The average molecular weight is 472 g/mol. The van der Waals surface area contributed by atoms with E-state index in [0.29, 0.717) is 31.7 Å². The van der Waals surface area contributed by atoms with Crippen LogP contribution in [0.25, 0.3) is 0 Å². The quantitative estimate of drug-likeness (QED) is 0.618. The van der Waals surface area contributed by atoms with Crippen molar-refractivity contribution in [3.63, 3.8) is 0 Å². The Balaban J connectivity index is 1.39. The first-order valence-corrected chi connectivity index (χ1v) is 12.5. The van der Waals surface area contributed by atoms with Gasteiger partial charge in [-0.25, -0.2) is 0 Å². The SMILES string of the molecule is Cc1cc(C)n(CC(=O)N2CCN(c3cccc(C(N)=O)c3C3CCCc4ccccc43)CC2)n1. The molecule has 7 nitrogen and oxygen atoms in total. The summed E-state index contributed by atoms with van der Waals surface area (Å²) in [5.74, 6) is -0.156. The van der Waals surface area contributed by atoms with Gasteiger partial charge in [0.1, 0.15) is 6.54 Å². The molecule has 1 atom stereocenters. The minimum absolute atomic E-state index is 0.0863. The second kappa shape index (κ2) is 9.56. The molecule has 1 fully saturated rings. The molecule has 1 aliphatic carbocycles. The Morgan fingerprint density at radius 2 is 1.80 bits per heavy atom. The van der Waals surface area contributed by atoms with Gasteiger partial charge >= 0.3 is 0 Å². The minimum Gasteiger partial charge on any atom is -0.368 e. The fourth-order valence-corrected chi connectivity index (χ4v) is 5.72. The Morgan fingerprint density at radius 3 is 2.51 bits per heavy atom. The maximum Gasteiger partial charge on any atom is 0.249 e. The molecule has 0 radical (unpaired) electrons. The number of nitrogens with two attached hydrogens (primary N) is 1. The molecule has 0 bridgehead atoms. The molecule has 35 heavy (non-hydrogen) atoms. The monoisotopic (exact) mass is 471 g/mol. The van der Waals surface area contributed by atoms with Crippen molar-refractivity contribution in [3.05, 3.63) is 82.2 Å². The molecule has 5 rings (SSSR count). The number of amides is 2. The lowest BCUT2D eigenvalue weighted by molar-refractivity contribution is -0.132. The molecule has 0 saturated carbocycles. The van der Waals surface area contributed by atoms with Crippen LogP contribution < -0.4 is 10.6 Å². The second-order valence-electron chi connectivity index (χ2n) is 9.70. The summed E-state index contributed by atoms with van der Waals surface area (Å²) in [6.45, 7) is 6.89. The number of benzene rings is 2. The molecule has 2 N–H and O–H groups in total. The highest BCUT2D eigenvalue weighted by Gasteiger charge is 2.30. The highest BCUT2D eigenvalue weighted by molar-refractivity contribution is 5.96. The summed E-state index contributed by atoms with van der Waals surface area (Å²) in [5.41, 5.74) is 13.1. The topological polar surface area (TPSA) is 84.5 Å². The number of carbonyl (C=O) groups is 2. The van der Waals surface area contributed by atoms with Crippen molar-refractivity contribution in [2.45, 2.75) is 45.6 Å². The van der Waals surface area contributed by atoms with E-state index in [0.717, 1.165) is 41.9 Å². The van der Waals surface area contributed by atoms with Crippen molar-refractivity contribution in [2.75, 3.05) is 31.1 Å². The van der Waals surface area contributed by atoms with Gasteiger partial charge in [0.15, 0.2) is 0 Å². The predicted molar refractivity (Wildman–Crippen MR) is 137 cm³/mol. The maximum atomic E-state index is 13.0. The third-order valence-corrected chi connectivity index (χ3v) is 7.43. The molecule has 2 amide bonds. The Morgan fingerprint density at radius 1 is 1.03 bits per heavy atom. The van der Waals surface area contributed by atoms with E-state index in [9.17, 15) is 9.59 Å². The number of rotatable bonds is 5. The van der Waals surface area contributed by atoms with Crippen molar-refractivity contribution in [1.82, 2.24) is 14.7 Å². The Kier molecular flexibility index (Phi) is 6.32. The van der Waals surface area contributed by atoms with Crippen molar-refractivity contribution in [1.29, 1.82) is 0 Å². The van der Waals surface area contributed by atoms with E-state index in [1.54, 1.807) is 4.68 Å². The molecule has 2 aromatic carbocycles. The van der Waals surface area contributed by atoms with Crippen LogP contribution in [0.3, 0.4) is 0 Å². The molecule has 1 saturated heterocycles. The number of piperazine rings is 1. The number of aromatic nitrogens is 2. The molecule has 1 aromatic heterocycles. The van der Waals surface area contributed by atoms with E-state index >= 15 is 0 Å². The van der Waals surface area contributed by atoms with E-state index < -0.39 is 0 Å². The van der Waals surface area contributed by atoms with Crippen LogP contribution in [0.2, 0.25) is 0 Å². The van der Waals surface area contributed by atoms with Gasteiger partial charge < -0.3 is 15.5 Å². The van der Waals surface area contributed by atoms with Gasteiger partial charge in [0.2, 0.25) is 11.8 Å². The molecule has 7 heteroatoms. The van der Waals surface area contributed by atoms with E-state index in [-0.39, 0.29) is 24.3 Å². The van der Waals surface area contributed by atoms with Crippen molar-refractivity contribution >= 4 is 17.5 Å². The van der Waals surface area contributed by atoms with Crippen LogP contribution in [0.5, 0.6) is 0 Å². The lowest BCUT2D eigenvalue weighted by Gasteiger charge is -2.39. The standard InChI is InChI=1S/C28H33N5O2/c1-19-17-20(2)33(30-19)18-26(34)32-15-13-31(14-16-32)25-12-6-11-24(28(29)35)27(25)23-10-5-8-21-7-3-4-9-22(21)23/h3-4,6-7,9,11-12,17,23H,5,8,10,13-16,18H2,1-2H3,(H2,29,35). The minimum atomic E-state index is -0.386. The van der Waals surface area contributed by atoms with E-state index in [2.05, 4.69) is 40.3 Å². The predicted octanol–water partition coefficient (Wildman–Crippen LogP) is 3.42. The molecule has 0 spiro atoms. The summed E-state index contributed by atoms with van der Waals surface area (Å²) < 4.78 is 1.78. The number of hydrogen-bond donors (Lipinski definition) is 1. The fraction of sp³-hybridized carbons (Fsp3) is 0.393. The largest absolute Gasteiger partial charge is 0.368 e.